The summed E-state index contributed by atoms with van der Waals surface area (Å²) < 4.78 is 4.94. The standard InChI is InChI=1S/C14H17N3O3S2/c1-6-8(3)22-14-11(6)13(16-9(4)17-14)21-5-10(18)20-7(2)12(15)19/h7H,5H2,1-4H3,(H2,15,19)/t7-/m0/s1. The van der Waals surface area contributed by atoms with E-state index in [4.69, 9.17) is 10.5 Å². The Morgan fingerprint density at radius 2 is 2.00 bits per heavy atom. The van der Waals surface area contributed by atoms with Crippen LogP contribution in [0.4, 0.5) is 0 Å². The van der Waals surface area contributed by atoms with Crippen LogP contribution in [0.3, 0.4) is 0 Å². The van der Waals surface area contributed by atoms with Crippen molar-refractivity contribution in [3.8, 4) is 0 Å². The normalized spacial score (nSPS) is 12.4. The van der Waals surface area contributed by atoms with E-state index in [9.17, 15) is 9.59 Å². The van der Waals surface area contributed by atoms with Gasteiger partial charge in [-0.05, 0) is 33.3 Å². The number of esters is 1. The molecule has 1 amide bonds. The number of thioether (sulfide) groups is 1. The van der Waals surface area contributed by atoms with Gasteiger partial charge in [0, 0.05) is 10.3 Å². The van der Waals surface area contributed by atoms with Crippen LogP contribution in [0.1, 0.15) is 23.2 Å². The number of nitrogens with two attached hydrogens (primary N) is 1. The van der Waals surface area contributed by atoms with Crippen LogP contribution in [0.2, 0.25) is 0 Å². The van der Waals surface area contributed by atoms with E-state index in [1.54, 1.807) is 11.3 Å². The average Bonchev–Trinajstić information content (AvgIpc) is 2.71. The Hall–Kier alpha value is -1.67. The zero-order valence-corrected chi connectivity index (χ0v) is 14.4. The van der Waals surface area contributed by atoms with Crippen molar-refractivity contribution in [2.75, 3.05) is 5.75 Å². The van der Waals surface area contributed by atoms with Gasteiger partial charge in [-0.25, -0.2) is 9.97 Å². The molecule has 0 aromatic carbocycles. The van der Waals surface area contributed by atoms with Gasteiger partial charge in [0.05, 0.1) is 5.75 Å². The number of aromatic nitrogens is 2. The van der Waals surface area contributed by atoms with Crippen molar-refractivity contribution in [1.82, 2.24) is 9.97 Å². The van der Waals surface area contributed by atoms with E-state index in [2.05, 4.69) is 9.97 Å². The fraction of sp³-hybridized carbons (Fsp3) is 0.429. The third kappa shape index (κ3) is 3.56. The molecule has 6 nitrogen and oxygen atoms in total. The highest BCUT2D eigenvalue weighted by Crippen LogP contribution is 2.35. The van der Waals surface area contributed by atoms with E-state index in [1.165, 1.54) is 23.6 Å². The molecule has 2 rings (SSSR count). The Morgan fingerprint density at radius 3 is 2.64 bits per heavy atom. The molecule has 0 aliphatic rings. The van der Waals surface area contributed by atoms with Crippen molar-refractivity contribution in [3.63, 3.8) is 0 Å². The number of thiophene rings is 1. The van der Waals surface area contributed by atoms with Crippen LogP contribution in [-0.2, 0) is 14.3 Å². The molecule has 0 radical (unpaired) electrons. The van der Waals surface area contributed by atoms with Gasteiger partial charge >= 0.3 is 5.97 Å². The molecule has 2 aromatic rings. The summed E-state index contributed by atoms with van der Waals surface area (Å²) in [5, 5.41) is 1.74. The molecule has 0 bridgehead atoms. The number of nitrogens with zero attached hydrogens (tertiary/aromatic N) is 2. The summed E-state index contributed by atoms with van der Waals surface area (Å²) in [7, 11) is 0. The monoisotopic (exact) mass is 339 g/mol. The summed E-state index contributed by atoms with van der Waals surface area (Å²) in [5.74, 6) is -0.430. The van der Waals surface area contributed by atoms with Crippen molar-refractivity contribution in [1.29, 1.82) is 0 Å². The Bertz CT molecular complexity index is 742. The lowest BCUT2D eigenvalue weighted by Crippen LogP contribution is -2.31. The van der Waals surface area contributed by atoms with E-state index >= 15 is 0 Å². The van der Waals surface area contributed by atoms with Crippen molar-refractivity contribution in [3.05, 3.63) is 16.3 Å². The highest BCUT2D eigenvalue weighted by molar-refractivity contribution is 8.00. The number of fused-ring (bicyclic) bond motifs is 1. The number of amides is 1. The minimum absolute atomic E-state index is 0.0670. The van der Waals surface area contributed by atoms with Gasteiger partial charge in [-0.15, -0.1) is 11.3 Å². The minimum Gasteiger partial charge on any atom is -0.452 e. The fourth-order valence-electron chi connectivity index (χ4n) is 1.84. The van der Waals surface area contributed by atoms with Gasteiger partial charge < -0.3 is 10.5 Å². The van der Waals surface area contributed by atoms with Crippen molar-refractivity contribution in [2.45, 2.75) is 38.8 Å². The first-order valence-electron chi connectivity index (χ1n) is 6.65. The van der Waals surface area contributed by atoms with E-state index in [-0.39, 0.29) is 5.75 Å². The first kappa shape index (κ1) is 16.7. The summed E-state index contributed by atoms with van der Waals surface area (Å²) in [6, 6.07) is 0. The Labute approximate surface area is 136 Å². The SMILES string of the molecule is Cc1nc(SCC(=O)O[C@@H](C)C(N)=O)c2c(C)c(C)sc2n1. The molecule has 1 atom stereocenters. The van der Waals surface area contributed by atoms with Crippen molar-refractivity contribution >= 4 is 45.2 Å². The molecule has 0 spiro atoms. The van der Waals surface area contributed by atoms with Crippen molar-refractivity contribution in [2.24, 2.45) is 5.73 Å². The predicted octanol–water partition coefficient (Wildman–Crippen LogP) is 2.13. The highest BCUT2D eigenvalue weighted by Gasteiger charge is 2.18. The van der Waals surface area contributed by atoms with E-state index in [1.807, 2.05) is 20.8 Å². The third-order valence-corrected chi connectivity index (χ3v) is 5.19. The molecule has 0 unspecified atom stereocenters. The molecule has 0 saturated heterocycles. The number of hydrogen-bond donors (Lipinski definition) is 1. The molecule has 118 valence electrons. The van der Waals surface area contributed by atoms with Crippen LogP contribution in [0.25, 0.3) is 10.2 Å². The van der Waals surface area contributed by atoms with Crippen LogP contribution >= 0.6 is 23.1 Å². The lowest BCUT2D eigenvalue weighted by Gasteiger charge is -2.09. The van der Waals surface area contributed by atoms with Crippen LogP contribution in [0.5, 0.6) is 0 Å². The number of hydrogen-bond acceptors (Lipinski definition) is 7. The number of aryl methyl sites for hydroxylation is 3. The van der Waals surface area contributed by atoms with Gasteiger partial charge in [-0.3, -0.25) is 9.59 Å². The van der Waals surface area contributed by atoms with Gasteiger partial charge in [0.25, 0.3) is 5.91 Å². The number of primary amides is 1. The molecule has 0 aliphatic carbocycles. The summed E-state index contributed by atoms with van der Waals surface area (Å²) >= 11 is 2.90. The highest BCUT2D eigenvalue weighted by atomic mass is 32.2. The maximum absolute atomic E-state index is 11.8. The smallest absolute Gasteiger partial charge is 0.317 e. The summed E-state index contributed by atoms with van der Waals surface area (Å²) in [4.78, 5) is 33.6. The quantitative estimate of drug-likeness (QED) is 0.509. The Kier molecular flexibility index (Phi) is 5.02. The van der Waals surface area contributed by atoms with Gasteiger partial charge in [-0.2, -0.15) is 0 Å². The van der Waals surface area contributed by atoms with Crippen LogP contribution in [-0.4, -0.2) is 33.7 Å². The molecular formula is C14H17N3O3S2. The number of carbonyl (C=O) groups excluding carboxylic acids is 2. The minimum atomic E-state index is -0.926. The lowest BCUT2D eigenvalue weighted by molar-refractivity contribution is -0.151. The fourth-order valence-corrected chi connectivity index (χ4v) is 3.89. The zero-order chi connectivity index (χ0) is 16.4. The lowest BCUT2D eigenvalue weighted by atomic mass is 10.2. The van der Waals surface area contributed by atoms with Gasteiger partial charge in [-0.1, -0.05) is 11.8 Å². The average molecular weight is 339 g/mol. The van der Waals surface area contributed by atoms with Crippen LogP contribution in [0.15, 0.2) is 5.03 Å². The first-order chi connectivity index (χ1) is 10.3. The maximum Gasteiger partial charge on any atom is 0.317 e. The molecule has 2 heterocycles. The predicted molar refractivity (Wildman–Crippen MR) is 87.1 cm³/mol. The molecule has 0 fully saturated rings. The molecule has 8 heteroatoms. The van der Waals surface area contributed by atoms with Gasteiger partial charge in [0.2, 0.25) is 0 Å². The zero-order valence-electron chi connectivity index (χ0n) is 12.8. The Balaban J connectivity index is 2.18. The summed E-state index contributed by atoms with van der Waals surface area (Å²) in [5.41, 5.74) is 6.19. The van der Waals surface area contributed by atoms with Crippen LogP contribution < -0.4 is 5.73 Å². The molecule has 22 heavy (non-hydrogen) atoms. The van der Waals surface area contributed by atoms with Gasteiger partial charge in [0.15, 0.2) is 6.10 Å². The molecule has 2 aromatic heterocycles. The maximum atomic E-state index is 11.8. The van der Waals surface area contributed by atoms with Crippen LogP contribution in [0, 0.1) is 20.8 Å². The second kappa shape index (κ2) is 6.62. The number of rotatable bonds is 5. The topological polar surface area (TPSA) is 95.2 Å². The number of carbonyl (C=O) groups is 2. The molecular weight excluding hydrogens is 322 g/mol. The first-order valence-corrected chi connectivity index (χ1v) is 8.45. The summed E-state index contributed by atoms with van der Waals surface area (Å²) in [6.07, 6.45) is -0.926. The third-order valence-electron chi connectivity index (χ3n) is 3.14. The Morgan fingerprint density at radius 1 is 1.32 bits per heavy atom. The second-order valence-corrected chi connectivity index (χ2v) is 7.03. The summed E-state index contributed by atoms with van der Waals surface area (Å²) in [6.45, 7) is 7.32. The second-order valence-electron chi connectivity index (χ2n) is 4.86. The number of ether oxygens (including phenoxy) is 1. The molecule has 0 saturated carbocycles. The van der Waals surface area contributed by atoms with E-state index in [0.717, 1.165) is 20.8 Å². The van der Waals surface area contributed by atoms with E-state index in [0.29, 0.717) is 5.82 Å². The molecule has 2 N–H and O–H groups in total. The van der Waals surface area contributed by atoms with Gasteiger partial charge in [0.1, 0.15) is 15.7 Å². The van der Waals surface area contributed by atoms with E-state index < -0.39 is 18.0 Å². The molecule has 0 aliphatic heterocycles. The largest absolute Gasteiger partial charge is 0.452 e. The van der Waals surface area contributed by atoms with Crippen molar-refractivity contribution < 1.29 is 14.3 Å².